The van der Waals surface area contributed by atoms with E-state index < -0.39 is 39.8 Å². The van der Waals surface area contributed by atoms with E-state index in [1.54, 1.807) is 0 Å². The van der Waals surface area contributed by atoms with Crippen molar-refractivity contribution < 1.29 is 32.4 Å². The molecule has 0 bridgehead atoms. The Morgan fingerprint density at radius 3 is 2.42 bits per heavy atom. The lowest BCUT2D eigenvalue weighted by molar-refractivity contribution is -0.385. The number of carbonyl (C=O) groups excluding carboxylic acids is 1. The molecule has 178 valence electrons. The monoisotopic (exact) mass is 466 g/mol. The molecule has 0 aromatic heterocycles. The van der Waals surface area contributed by atoms with Crippen molar-refractivity contribution in [2.45, 2.75) is 38.0 Å². The van der Waals surface area contributed by atoms with Crippen LogP contribution in [0.1, 0.15) is 30.4 Å². The van der Waals surface area contributed by atoms with E-state index in [-0.39, 0.29) is 12.2 Å². The minimum atomic E-state index is -4.78. The summed E-state index contributed by atoms with van der Waals surface area (Å²) in [6, 6.07) is 11.4. The first-order chi connectivity index (χ1) is 15.6. The average molecular weight is 466 g/mol. The Labute approximate surface area is 189 Å². The summed E-state index contributed by atoms with van der Waals surface area (Å²) in [4.78, 5) is 23.0. The lowest BCUT2D eigenvalue weighted by Crippen LogP contribution is -2.46. The molecule has 1 aliphatic heterocycles. The number of methoxy groups -OCH3 is 1. The van der Waals surface area contributed by atoms with Gasteiger partial charge in [-0.3, -0.25) is 14.9 Å². The van der Waals surface area contributed by atoms with Crippen molar-refractivity contribution in [2.24, 2.45) is 5.41 Å². The molecule has 3 rings (SSSR count). The fourth-order valence-corrected chi connectivity index (χ4v) is 4.19. The fourth-order valence-electron chi connectivity index (χ4n) is 4.19. The Kier molecular flexibility index (Phi) is 7.57. The largest absolute Gasteiger partial charge is 0.490 e. The number of rotatable bonds is 8. The maximum absolute atomic E-state index is 13.3. The van der Waals surface area contributed by atoms with Gasteiger partial charge < -0.3 is 14.8 Å². The van der Waals surface area contributed by atoms with Crippen LogP contribution in [-0.2, 0) is 22.1 Å². The molecule has 7 nitrogen and oxygen atoms in total. The van der Waals surface area contributed by atoms with Crippen molar-refractivity contribution in [1.82, 2.24) is 5.32 Å². The average Bonchev–Trinajstić information content (AvgIpc) is 2.79. The van der Waals surface area contributed by atoms with Gasteiger partial charge >= 0.3 is 12.1 Å². The minimum Gasteiger partial charge on any atom is -0.490 e. The van der Waals surface area contributed by atoms with Crippen LogP contribution in [0.4, 0.5) is 18.9 Å². The molecule has 10 heteroatoms. The number of non-ortho nitro benzene ring substituents is 1. The standard InChI is InChI=1S/C23H25F3N2O5/c1-32-21(29)22(7-9-27-10-8-22)15-20(11-16-5-3-2-4-6-16)33-19-13-17(23(24,25)26)12-18(14-19)28(30)31/h2-6,12-14,20,27H,7-11,15H2,1H3. The molecule has 0 radical (unpaired) electrons. The quantitative estimate of drug-likeness (QED) is 0.349. The number of alkyl halides is 3. The van der Waals surface area contributed by atoms with E-state index in [9.17, 15) is 28.1 Å². The maximum atomic E-state index is 13.3. The molecule has 1 unspecified atom stereocenters. The number of piperidine rings is 1. The molecule has 0 spiro atoms. The van der Waals surface area contributed by atoms with E-state index in [0.29, 0.717) is 38.4 Å². The molecule has 0 aliphatic carbocycles. The van der Waals surface area contributed by atoms with Crippen molar-refractivity contribution >= 4 is 11.7 Å². The van der Waals surface area contributed by atoms with Crippen LogP contribution >= 0.6 is 0 Å². The first-order valence-electron chi connectivity index (χ1n) is 10.5. The lowest BCUT2D eigenvalue weighted by atomic mass is 9.74. The molecule has 2 aromatic carbocycles. The summed E-state index contributed by atoms with van der Waals surface area (Å²) >= 11 is 0. The van der Waals surface area contributed by atoms with E-state index >= 15 is 0 Å². The molecule has 1 atom stereocenters. The SMILES string of the molecule is COC(=O)C1(CC(Cc2ccccc2)Oc2cc([N+](=O)[O-])cc(C(F)(F)F)c2)CCNCC1. The molecule has 1 N–H and O–H groups in total. The Hall–Kier alpha value is -3.14. The number of hydrogen-bond donors (Lipinski definition) is 1. The number of nitro benzene ring substituents is 1. The summed E-state index contributed by atoms with van der Waals surface area (Å²) in [5, 5.41) is 14.4. The highest BCUT2D eigenvalue weighted by Gasteiger charge is 2.43. The highest BCUT2D eigenvalue weighted by molar-refractivity contribution is 5.77. The smallest absolute Gasteiger partial charge is 0.416 e. The van der Waals surface area contributed by atoms with E-state index in [4.69, 9.17) is 9.47 Å². The predicted molar refractivity (Wildman–Crippen MR) is 114 cm³/mol. The van der Waals surface area contributed by atoms with Gasteiger partial charge in [0.25, 0.3) is 5.69 Å². The Balaban J connectivity index is 1.97. The zero-order chi connectivity index (χ0) is 24.1. The number of ether oxygens (including phenoxy) is 2. The van der Waals surface area contributed by atoms with Crippen molar-refractivity contribution in [3.05, 3.63) is 69.8 Å². The molecule has 0 saturated carbocycles. The van der Waals surface area contributed by atoms with Gasteiger partial charge in [0, 0.05) is 18.9 Å². The molecule has 1 saturated heterocycles. The summed E-state index contributed by atoms with van der Waals surface area (Å²) in [7, 11) is 1.30. The number of halogens is 3. The second-order valence-electron chi connectivity index (χ2n) is 8.13. The molecule has 33 heavy (non-hydrogen) atoms. The first-order valence-corrected chi connectivity index (χ1v) is 10.5. The van der Waals surface area contributed by atoms with Crippen LogP contribution in [0.5, 0.6) is 5.75 Å². The van der Waals surface area contributed by atoms with Gasteiger partial charge in [-0.25, -0.2) is 0 Å². The van der Waals surface area contributed by atoms with Gasteiger partial charge in [0.15, 0.2) is 0 Å². The van der Waals surface area contributed by atoms with E-state index in [2.05, 4.69) is 5.32 Å². The minimum absolute atomic E-state index is 0.195. The van der Waals surface area contributed by atoms with Gasteiger partial charge in [0.2, 0.25) is 0 Å². The topological polar surface area (TPSA) is 90.7 Å². The van der Waals surface area contributed by atoms with Crippen molar-refractivity contribution in [3.63, 3.8) is 0 Å². The molecule has 2 aromatic rings. The summed E-state index contributed by atoms with van der Waals surface area (Å²) in [5.74, 6) is -0.674. The molecule has 1 aliphatic rings. The van der Waals surface area contributed by atoms with Gasteiger partial charge in [0.1, 0.15) is 11.9 Å². The van der Waals surface area contributed by atoms with Crippen LogP contribution in [0, 0.1) is 15.5 Å². The summed E-state index contributed by atoms with van der Waals surface area (Å²) < 4.78 is 51.0. The first kappa shape index (κ1) is 24.5. The lowest BCUT2D eigenvalue weighted by Gasteiger charge is -2.37. The van der Waals surface area contributed by atoms with Crippen molar-refractivity contribution in [2.75, 3.05) is 20.2 Å². The van der Waals surface area contributed by atoms with E-state index in [0.717, 1.165) is 17.7 Å². The summed E-state index contributed by atoms with van der Waals surface area (Å²) in [6.07, 6.45) is -4.03. The van der Waals surface area contributed by atoms with Gasteiger partial charge in [-0.2, -0.15) is 13.2 Å². The molecule has 1 heterocycles. The molecular weight excluding hydrogens is 441 g/mol. The van der Waals surface area contributed by atoms with E-state index in [1.165, 1.54) is 7.11 Å². The van der Waals surface area contributed by atoms with Crippen LogP contribution in [-0.4, -0.2) is 37.2 Å². The van der Waals surface area contributed by atoms with Crippen molar-refractivity contribution in [3.8, 4) is 5.75 Å². The zero-order valence-corrected chi connectivity index (χ0v) is 18.1. The number of esters is 1. The third-order valence-electron chi connectivity index (χ3n) is 5.84. The number of carbonyl (C=O) groups is 1. The summed E-state index contributed by atoms with van der Waals surface area (Å²) in [6.45, 7) is 1.17. The van der Waals surface area contributed by atoms with Crippen LogP contribution in [0.15, 0.2) is 48.5 Å². The van der Waals surface area contributed by atoms with Gasteiger partial charge in [-0.05, 0) is 37.6 Å². The van der Waals surface area contributed by atoms with Crippen LogP contribution in [0.3, 0.4) is 0 Å². The third-order valence-corrected chi connectivity index (χ3v) is 5.84. The molecule has 1 fully saturated rings. The molecule has 0 amide bonds. The van der Waals surface area contributed by atoms with Crippen LogP contribution in [0.2, 0.25) is 0 Å². The van der Waals surface area contributed by atoms with E-state index in [1.807, 2.05) is 30.3 Å². The van der Waals surface area contributed by atoms with Gasteiger partial charge in [-0.1, -0.05) is 30.3 Å². The number of hydrogen-bond acceptors (Lipinski definition) is 6. The third kappa shape index (κ3) is 6.22. The maximum Gasteiger partial charge on any atom is 0.416 e. The Bertz CT molecular complexity index is 976. The second-order valence-corrected chi connectivity index (χ2v) is 8.13. The number of nitro groups is 1. The van der Waals surface area contributed by atoms with Crippen LogP contribution in [0.25, 0.3) is 0 Å². The van der Waals surface area contributed by atoms with Crippen LogP contribution < -0.4 is 10.1 Å². The predicted octanol–water partition coefficient (Wildman–Crippen LogP) is 4.54. The normalized spacial score (nSPS) is 16.6. The number of benzene rings is 2. The fraction of sp³-hybridized carbons (Fsp3) is 0.435. The highest BCUT2D eigenvalue weighted by atomic mass is 19.4. The Morgan fingerprint density at radius 1 is 1.18 bits per heavy atom. The van der Waals surface area contributed by atoms with Gasteiger partial charge in [0.05, 0.1) is 29.1 Å². The summed E-state index contributed by atoms with van der Waals surface area (Å²) in [5.41, 5.74) is -1.90. The van der Waals surface area contributed by atoms with Crippen molar-refractivity contribution in [1.29, 1.82) is 0 Å². The number of nitrogens with one attached hydrogen (secondary N) is 1. The molecular formula is C23H25F3N2O5. The highest BCUT2D eigenvalue weighted by Crippen LogP contribution is 2.39. The Morgan fingerprint density at radius 2 is 1.85 bits per heavy atom. The second kappa shape index (κ2) is 10.2. The van der Waals surface area contributed by atoms with Gasteiger partial charge in [-0.15, -0.1) is 0 Å². The zero-order valence-electron chi connectivity index (χ0n) is 18.1. The number of nitrogens with zero attached hydrogens (tertiary/aromatic N) is 1.